The van der Waals surface area contributed by atoms with E-state index in [1.165, 1.54) is 5.56 Å². The molecule has 0 aliphatic carbocycles. The average molecular weight is 312 g/mol. The van der Waals surface area contributed by atoms with E-state index in [1.54, 1.807) is 0 Å². The first-order chi connectivity index (χ1) is 11.0. The van der Waals surface area contributed by atoms with E-state index >= 15 is 0 Å². The van der Waals surface area contributed by atoms with Crippen LogP contribution in [0.15, 0.2) is 48.5 Å². The summed E-state index contributed by atoms with van der Waals surface area (Å²) < 4.78 is 5.62. The van der Waals surface area contributed by atoms with Gasteiger partial charge in [0.25, 0.3) is 0 Å². The Bertz CT molecular complexity index is 619. The molecule has 2 rings (SSSR count). The highest BCUT2D eigenvalue weighted by Gasteiger charge is 2.03. The Morgan fingerprint density at radius 2 is 1.70 bits per heavy atom. The first kappa shape index (κ1) is 16.9. The standard InChI is InChI=1S/C19H24N2O2/c1-15-6-12-18(13-7-15)23-14-4-5-19(22)20-16-8-10-17(11-9-16)21(2)3/h6-13H,4-5,14H2,1-3H3,(H,20,22). The van der Waals surface area contributed by atoms with Crippen LogP contribution in [0.1, 0.15) is 18.4 Å². The smallest absolute Gasteiger partial charge is 0.224 e. The number of nitrogens with zero attached hydrogens (tertiary/aromatic N) is 1. The lowest BCUT2D eigenvalue weighted by atomic mass is 10.2. The van der Waals surface area contributed by atoms with E-state index in [9.17, 15) is 4.79 Å². The van der Waals surface area contributed by atoms with Crippen LogP contribution in [0.3, 0.4) is 0 Å². The summed E-state index contributed by atoms with van der Waals surface area (Å²) in [7, 11) is 3.98. The number of aryl methyl sites for hydroxylation is 1. The van der Waals surface area contributed by atoms with Gasteiger partial charge in [0.15, 0.2) is 0 Å². The molecule has 0 fully saturated rings. The zero-order valence-electron chi connectivity index (χ0n) is 14.0. The minimum Gasteiger partial charge on any atom is -0.494 e. The zero-order chi connectivity index (χ0) is 16.7. The number of rotatable bonds is 7. The molecule has 0 saturated carbocycles. The number of hydrogen-bond acceptors (Lipinski definition) is 3. The molecule has 0 radical (unpaired) electrons. The Kier molecular flexibility index (Phi) is 6.03. The van der Waals surface area contributed by atoms with E-state index in [4.69, 9.17) is 4.74 Å². The maximum absolute atomic E-state index is 11.9. The van der Waals surface area contributed by atoms with Gasteiger partial charge in [0.05, 0.1) is 6.61 Å². The molecule has 0 atom stereocenters. The summed E-state index contributed by atoms with van der Waals surface area (Å²) in [5.74, 6) is 0.852. The Morgan fingerprint density at radius 1 is 1.04 bits per heavy atom. The third-order valence-electron chi connectivity index (χ3n) is 3.51. The van der Waals surface area contributed by atoms with Crippen LogP contribution in [0, 0.1) is 6.92 Å². The van der Waals surface area contributed by atoms with E-state index in [-0.39, 0.29) is 5.91 Å². The van der Waals surface area contributed by atoms with E-state index in [2.05, 4.69) is 5.32 Å². The maximum Gasteiger partial charge on any atom is 0.224 e. The van der Waals surface area contributed by atoms with Gasteiger partial charge in [-0.25, -0.2) is 0 Å². The summed E-state index contributed by atoms with van der Waals surface area (Å²) in [6, 6.07) is 15.7. The molecule has 1 N–H and O–H groups in total. The molecule has 4 nitrogen and oxygen atoms in total. The lowest BCUT2D eigenvalue weighted by Crippen LogP contribution is -2.13. The number of carbonyl (C=O) groups is 1. The molecule has 23 heavy (non-hydrogen) atoms. The van der Waals surface area contributed by atoms with Crippen molar-refractivity contribution in [3.05, 3.63) is 54.1 Å². The molecule has 4 heteroatoms. The molecule has 0 aliphatic heterocycles. The monoisotopic (exact) mass is 312 g/mol. The van der Waals surface area contributed by atoms with Crippen LogP contribution in [0.25, 0.3) is 0 Å². The molecule has 122 valence electrons. The Morgan fingerprint density at radius 3 is 2.30 bits per heavy atom. The largest absolute Gasteiger partial charge is 0.494 e. The number of benzene rings is 2. The number of anilines is 2. The van der Waals surface area contributed by atoms with Crippen LogP contribution in [0.2, 0.25) is 0 Å². The first-order valence-corrected chi connectivity index (χ1v) is 7.81. The number of ether oxygens (including phenoxy) is 1. The minimum absolute atomic E-state index is 0.00936. The van der Waals surface area contributed by atoms with E-state index in [0.29, 0.717) is 19.4 Å². The second kappa shape index (κ2) is 8.22. The molecular formula is C19H24N2O2. The lowest BCUT2D eigenvalue weighted by Gasteiger charge is -2.13. The van der Waals surface area contributed by atoms with Crippen molar-refractivity contribution in [2.45, 2.75) is 19.8 Å². The Hall–Kier alpha value is -2.49. The normalized spacial score (nSPS) is 10.2. The molecule has 0 unspecified atom stereocenters. The summed E-state index contributed by atoms with van der Waals surface area (Å²) in [6.45, 7) is 2.58. The van der Waals surface area contributed by atoms with E-state index in [0.717, 1.165) is 17.1 Å². The van der Waals surface area contributed by atoms with Crippen molar-refractivity contribution >= 4 is 17.3 Å². The Labute approximate surface area is 138 Å². The predicted molar refractivity (Wildman–Crippen MR) is 95.3 cm³/mol. The van der Waals surface area contributed by atoms with E-state index in [1.807, 2.05) is 74.4 Å². The highest BCUT2D eigenvalue weighted by Crippen LogP contribution is 2.16. The fraction of sp³-hybridized carbons (Fsp3) is 0.316. The molecule has 0 heterocycles. The van der Waals surface area contributed by atoms with Gasteiger partial charge in [-0.15, -0.1) is 0 Å². The summed E-state index contributed by atoms with van der Waals surface area (Å²) >= 11 is 0. The molecule has 1 amide bonds. The van der Waals surface area contributed by atoms with Gasteiger partial charge in [-0.05, 0) is 49.7 Å². The predicted octanol–water partition coefficient (Wildman–Crippen LogP) is 3.86. The van der Waals surface area contributed by atoms with Gasteiger partial charge in [-0.3, -0.25) is 4.79 Å². The van der Waals surface area contributed by atoms with Gasteiger partial charge >= 0.3 is 0 Å². The molecule has 0 aliphatic rings. The van der Waals surface area contributed by atoms with Crippen molar-refractivity contribution in [1.82, 2.24) is 0 Å². The SMILES string of the molecule is Cc1ccc(OCCCC(=O)Nc2ccc(N(C)C)cc2)cc1. The van der Waals surface area contributed by atoms with Gasteiger partial charge in [-0.2, -0.15) is 0 Å². The van der Waals surface area contributed by atoms with Gasteiger partial charge in [-0.1, -0.05) is 17.7 Å². The maximum atomic E-state index is 11.9. The number of amides is 1. The number of nitrogens with one attached hydrogen (secondary N) is 1. The van der Waals surface area contributed by atoms with Crippen LogP contribution < -0.4 is 15.0 Å². The minimum atomic E-state index is 0.00936. The fourth-order valence-corrected chi connectivity index (χ4v) is 2.12. The quantitative estimate of drug-likeness (QED) is 0.789. The summed E-state index contributed by atoms with van der Waals surface area (Å²) in [6.07, 6.45) is 1.14. The second-order valence-corrected chi connectivity index (χ2v) is 5.75. The van der Waals surface area contributed by atoms with Crippen LogP contribution in [-0.2, 0) is 4.79 Å². The number of carbonyl (C=O) groups excluding carboxylic acids is 1. The van der Waals surface area contributed by atoms with Crippen LogP contribution >= 0.6 is 0 Å². The zero-order valence-corrected chi connectivity index (χ0v) is 14.0. The molecule has 0 spiro atoms. The van der Waals surface area contributed by atoms with Crippen molar-refractivity contribution in [3.8, 4) is 5.75 Å². The number of hydrogen-bond donors (Lipinski definition) is 1. The van der Waals surface area contributed by atoms with Gasteiger partial charge in [0.1, 0.15) is 5.75 Å². The Balaban J connectivity index is 1.69. The van der Waals surface area contributed by atoms with Crippen molar-refractivity contribution < 1.29 is 9.53 Å². The van der Waals surface area contributed by atoms with Crippen LogP contribution in [0.4, 0.5) is 11.4 Å². The topological polar surface area (TPSA) is 41.6 Å². The third-order valence-corrected chi connectivity index (χ3v) is 3.51. The summed E-state index contributed by atoms with van der Waals surface area (Å²) in [5.41, 5.74) is 3.13. The van der Waals surface area contributed by atoms with Crippen molar-refractivity contribution in [3.63, 3.8) is 0 Å². The van der Waals surface area contributed by atoms with Crippen molar-refractivity contribution in [2.75, 3.05) is 30.9 Å². The highest BCUT2D eigenvalue weighted by atomic mass is 16.5. The van der Waals surface area contributed by atoms with Crippen LogP contribution in [-0.4, -0.2) is 26.6 Å². The summed E-state index contributed by atoms with van der Waals surface area (Å²) in [4.78, 5) is 13.9. The summed E-state index contributed by atoms with van der Waals surface area (Å²) in [5, 5.41) is 2.90. The fourth-order valence-electron chi connectivity index (χ4n) is 2.12. The highest BCUT2D eigenvalue weighted by molar-refractivity contribution is 5.90. The van der Waals surface area contributed by atoms with Crippen molar-refractivity contribution in [2.24, 2.45) is 0 Å². The molecule has 2 aromatic carbocycles. The van der Waals surface area contributed by atoms with E-state index < -0.39 is 0 Å². The van der Waals surface area contributed by atoms with Gasteiger partial charge < -0.3 is 15.0 Å². The first-order valence-electron chi connectivity index (χ1n) is 7.81. The molecule has 0 saturated heterocycles. The third kappa shape index (κ3) is 5.66. The molecule has 2 aromatic rings. The average Bonchev–Trinajstić information content (AvgIpc) is 2.54. The molecule has 0 bridgehead atoms. The second-order valence-electron chi connectivity index (χ2n) is 5.75. The lowest BCUT2D eigenvalue weighted by molar-refractivity contribution is -0.116. The van der Waals surface area contributed by atoms with Gasteiger partial charge in [0, 0.05) is 31.9 Å². The van der Waals surface area contributed by atoms with Crippen molar-refractivity contribution in [1.29, 1.82) is 0 Å². The molecular weight excluding hydrogens is 288 g/mol. The molecule has 0 aromatic heterocycles. The van der Waals surface area contributed by atoms with Gasteiger partial charge in [0.2, 0.25) is 5.91 Å². The van der Waals surface area contributed by atoms with Crippen LogP contribution in [0.5, 0.6) is 5.75 Å².